The van der Waals surface area contributed by atoms with Crippen molar-refractivity contribution >= 4 is 28.6 Å². The van der Waals surface area contributed by atoms with Crippen LogP contribution in [-0.4, -0.2) is 48.0 Å². The van der Waals surface area contributed by atoms with E-state index in [1.165, 1.54) is 26.7 Å². The Labute approximate surface area is 155 Å². The lowest BCUT2D eigenvalue weighted by atomic mass is 9.93. The Morgan fingerprint density at radius 1 is 1.24 bits per heavy atom. The third-order valence-electron chi connectivity index (χ3n) is 3.12. The van der Waals surface area contributed by atoms with Gasteiger partial charge in [-0.2, -0.15) is 0 Å². The maximum absolute atomic E-state index is 10.1. The average Bonchev–Trinajstić information content (AvgIpc) is 2.96. The van der Waals surface area contributed by atoms with Gasteiger partial charge < -0.3 is 19.9 Å². The predicted molar refractivity (Wildman–Crippen MR) is 101 cm³/mol. The number of esters is 1. The van der Waals surface area contributed by atoms with Crippen LogP contribution in [0.3, 0.4) is 0 Å². The van der Waals surface area contributed by atoms with Crippen molar-refractivity contribution in [2.75, 3.05) is 32.5 Å². The quantitative estimate of drug-likeness (QED) is 0.477. The first-order valence-electron chi connectivity index (χ1n) is 8.21. The highest BCUT2D eigenvalue weighted by molar-refractivity contribution is 6.64. The van der Waals surface area contributed by atoms with Crippen molar-refractivity contribution < 1.29 is 18.8 Å². The number of nitrogens with two attached hydrogens (primary N) is 1. The van der Waals surface area contributed by atoms with Crippen molar-refractivity contribution in [3.8, 4) is 0 Å². The lowest BCUT2D eigenvalue weighted by Gasteiger charge is -2.13. The number of hydrogen-bond donors (Lipinski definition) is 1. The monoisotopic (exact) mass is 377 g/mol. The molecule has 0 atom stereocenters. The number of halogens is 1. The number of rotatable bonds is 5. The van der Waals surface area contributed by atoms with E-state index in [0.29, 0.717) is 5.82 Å². The summed E-state index contributed by atoms with van der Waals surface area (Å²) in [5, 5.41) is 2.89. The van der Waals surface area contributed by atoms with Gasteiger partial charge in [0, 0.05) is 11.5 Å². The summed E-state index contributed by atoms with van der Waals surface area (Å²) in [6, 6.07) is 1.75. The minimum atomic E-state index is -0.697. The third-order valence-corrected chi connectivity index (χ3v) is 3.25. The van der Waals surface area contributed by atoms with E-state index in [-0.39, 0.29) is 11.8 Å². The van der Waals surface area contributed by atoms with E-state index < -0.39 is 11.2 Å². The number of carbonyl (C=O) groups excluding carboxylic acids is 2. The molecular weight excluding hydrogens is 346 g/mol. The molecule has 2 N–H and O–H groups in total. The highest BCUT2D eigenvalue weighted by Crippen LogP contribution is 2.22. The zero-order valence-electron chi connectivity index (χ0n) is 16.4. The first-order chi connectivity index (χ1) is 11.5. The van der Waals surface area contributed by atoms with E-state index in [2.05, 4.69) is 35.6 Å². The molecule has 146 valence electrons. The van der Waals surface area contributed by atoms with E-state index in [0.717, 1.165) is 5.76 Å². The normalized spacial score (nSPS) is 10.3. The van der Waals surface area contributed by atoms with Gasteiger partial charge in [-0.05, 0) is 31.2 Å². The van der Waals surface area contributed by atoms with E-state index in [9.17, 15) is 9.59 Å². The smallest absolute Gasteiger partial charge is 0.314 e. The van der Waals surface area contributed by atoms with Gasteiger partial charge in [0.25, 0.3) is 0 Å². The lowest BCUT2D eigenvalue weighted by Crippen LogP contribution is -2.21. The molecule has 1 aromatic heterocycles. The molecule has 0 radical (unpaired) electrons. The van der Waals surface area contributed by atoms with Crippen molar-refractivity contribution in [1.82, 2.24) is 10.1 Å². The van der Waals surface area contributed by atoms with Crippen LogP contribution in [0.5, 0.6) is 0 Å². The second-order valence-electron chi connectivity index (χ2n) is 6.09. The molecule has 0 aliphatic carbocycles. The molecule has 0 saturated carbocycles. The molecule has 8 heteroatoms. The Morgan fingerprint density at radius 3 is 1.84 bits per heavy atom. The maximum Gasteiger partial charge on any atom is 0.314 e. The fourth-order valence-electron chi connectivity index (χ4n) is 1.50. The molecule has 0 aliphatic heterocycles. The van der Waals surface area contributed by atoms with Crippen LogP contribution in [0.2, 0.25) is 0 Å². The Balaban J connectivity index is 0. The molecule has 0 aliphatic rings. The first-order valence-corrected chi connectivity index (χ1v) is 8.59. The van der Waals surface area contributed by atoms with Crippen LogP contribution in [-0.2, 0) is 19.7 Å². The van der Waals surface area contributed by atoms with Crippen molar-refractivity contribution in [2.24, 2.45) is 0 Å². The molecule has 7 nitrogen and oxygen atoms in total. The van der Waals surface area contributed by atoms with Crippen LogP contribution >= 0.6 is 11.6 Å². The summed E-state index contributed by atoms with van der Waals surface area (Å²) in [4.78, 5) is 22.3. The summed E-state index contributed by atoms with van der Waals surface area (Å²) in [5.74, 6) is 0.667. The van der Waals surface area contributed by atoms with Gasteiger partial charge in [-0.25, -0.2) is 0 Å². The van der Waals surface area contributed by atoms with Crippen LogP contribution in [0.15, 0.2) is 10.6 Å². The van der Waals surface area contributed by atoms with Gasteiger partial charge >= 0.3 is 5.97 Å². The highest BCUT2D eigenvalue weighted by atomic mass is 35.5. The Morgan fingerprint density at radius 2 is 1.72 bits per heavy atom. The number of anilines is 1. The van der Waals surface area contributed by atoms with Crippen molar-refractivity contribution in [3.05, 3.63) is 11.8 Å². The molecule has 1 heterocycles. The minimum Gasteiger partial charge on any atom is -0.469 e. The SMILES string of the molecule is CC(C)(C)c1cc(N)no1.CCN(CC)CC.COC(=O)CC(=O)Cl. The molecule has 0 saturated heterocycles. The van der Waals surface area contributed by atoms with Crippen LogP contribution < -0.4 is 5.73 Å². The number of hydrogen-bond acceptors (Lipinski definition) is 7. The van der Waals surface area contributed by atoms with Gasteiger partial charge in [0.1, 0.15) is 12.2 Å². The minimum absolute atomic E-state index is 0.00458. The van der Waals surface area contributed by atoms with Crippen LogP contribution in [0.25, 0.3) is 0 Å². The molecule has 1 rings (SSSR count). The van der Waals surface area contributed by atoms with Gasteiger partial charge in [-0.3, -0.25) is 9.59 Å². The number of aromatic nitrogens is 1. The number of carbonyl (C=O) groups is 2. The van der Waals surface area contributed by atoms with Gasteiger partial charge in [-0.1, -0.05) is 46.7 Å². The molecule has 0 aromatic carbocycles. The molecule has 0 unspecified atom stereocenters. The molecule has 0 bridgehead atoms. The molecule has 0 spiro atoms. The van der Waals surface area contributed by atoms with Crippen molar-refractivity contribution in [3.63, 3.8) is 0 Å². The van der Waals surface area contributed by atoms with E-state index in [4.69, 9.17) is 21.9 Å². The van der Waals surface area contributed by atoms with Crippen LogP contribution in [0.1, 0.15) is 53.7 Å². The predicted octanol–water partition coefficient (Wildman–Crippen LogP) is 3.22. The summed E-state index contributed by atoms with van der Waals surface area (Å²) in [7, 11) is 1.20. The molecular formula is C17H32ClN3O4. The molecule has 0 fully saturated rings. The summed E-state index contributed by atoms with van der Waals surface area (Å²) >= 11 is 4.81. The summed E-state index contributed by atoms with van der Waals surface area (Å²) < 4.78 is 9.07. The van der Waals surface area contributed by atoms with Gasteiger partial charge in [0.15, 0.2) is 5.82 Å². The largest absolute Gasteiger partial charge is 0.469 e. The molecule has 0 amide bonds. The zero-order chi connectivity index (χ0) is 20.0. The first kappa shape index (κ1) is 25.6. The average molecular weight is 378 g/mol. The van der Waals surface area contributed by atoms with E-state index in [1.54, 1.807) is 6.07 Å². The van der Waals surface area contributed by atoms with E-state index in [1.807, 2.05) is 20.8 Å². The van der Waals surface area contributed by atoms with Gasteiger partial charge in [0.2, 0.25) is 5.24 Å². The highest BCUT2D eigenvalue weighted by Gasteiger charge is 2.18. The van der Waals surface area contributed by atoms with E-state index >= 15 is 0 Å². The molecule has 1 aromatic rings. The number of nitrogen functional groups attached to an aromatic ring is 1. The summed E-state index contributed by atoms with van der Waals surface area (Å²) in [6.45, 7) is 16.3. The Kier molecular flexibility index (Phi) is 14.0. The summed E-state index contributed by atoms with van der Waals surface area (Å²) in [6.07, 6.45) is -0.349. The Hall–Kier alpha value is -1.60. The zero-order valence-corrected chi connectivity index (χ0v) is 17.1. The molecule has 25 heavy (non-hydrogen) atoms. The van der Waals surface area contributed by atoms with Crippen LogP contribution in [0.4, 0.5) is 5.82 Å². The topological polar surface area (TPSA) is 98.7 Å². The fraction of sp³-hybridized carbons (Fsp3) is 0.706. The lowest BCUT2D eigenvalue weighted by molar-refractivity contribution is -0.142. The number of ether oxygens (including phenoxy) is 1. The fourth-order valence-corrected chi connectivity index (χ4v) is 1.61. The summed E-state index contributed by atoms with van der Waals surface area (Å²) in [5.41, 5.74) is 5.38. The Bertz CT molecular complexity index is 489. The second kappa shape index (κ2) is 13.7. The van der Waals surface area contributed by atoms with Crippen LogP contribution in [0, 0.1) is 0 Å². The standard InChI is InChI=1S/C7H12N2O.C6H15N.C4H5ClO3/c1-7(2,3)5-4-6(8)9-10-5;1-4-7(5-2)6-3;1-8-4(7)2-3(5)6/h4H,1-3H3,(H2,8,9);4-6H2,1-3H3;2H2,1H3. The number of methoxy groups -OCH3 is 1. The van der Waals surface area contributed by atoms with Crippen molar-refractivity contribution in [1.29, 1.82) is 0 Å². The van der Waals surface area contributed by atoms with Crippen molar-refractivity contribution in [2.45, 2.75) is 53.4 Å². The van der Waals surface area contributed by atoms with Gasteiger partial charge in [-0.15, -0.1) is 0 Å². The second-order valence-corrected chi connectivity index (χ2v) is 6.52. The van der Waals surface area contributed by atoms with Gasteiger partial charge in [0.05, 0.1) is 7.11 Å². The third kappa shape index (κ3) is 14.4. The maximum atomic E-state index is 10.1. The number of nitrogens with zero attached hydrogens (tertiary/aromatic N) is 2.